The number of hydrogen-bond acceptors (Lipinski definition) is 3. The number of halogens is 1. The Morgan fingerprint density at radius 2 is 1.75 bits per heavy atom. The molecule has 0 N–H and O–H groups in total. The fraction of sp³-hybridized carbons (Fsp3) is 0.0714. The topological polar surface area (TPSA) is 72.6 Å². The van der Waals surface area contributed by atoms with Crippen LogP contribution in [0.4, 0.5) is 5.69 Å². The summed E-state index contributed by atoms with van der Waals surface area (Å²) in [6.45, 7) is 1.41. The largest absolute Gasteiger partial charge is 0.273 e. The Hall–Kier alpha value is -1.96. The van der Waals surface area contributed by atoms with E-state index in [-0.39, 0.29) is 32.3 Å². The first-order chi connectivity index (χ1) is 9.54. The predicted molar refractivity (Wildman–Crippen MR) is 87.2 cm³/mol. The third-order valence-corrected chi connectivity index (χ3v) is 5.05. The third-order valence-electron chi connectivity index (χ3n) is 2.37. The Bertz CT molecular complexity index is 652. The van der Waals surface area contributed by atoms with Gasteiger partial charge in [0.1, 0.15) is 0 Å². The van der Waals surface area contributed by atoms with Crippen molar-refractivity contribution in [1.82, 2.24) is 0 Å². The van der Waals surface area contributed by atoms with Crippen molar-refractivity contribution in [2.45, 2.75) is 6.92 Å². The molecular formula is C14H11IN2O3. The van der Waals surface area contributed by atoms with Gasteiger partial charge in [-0.2, -0.15) is 0 Å². The SMILES string of the molecule is CC(=O)N=C1C=CC(=Ic2ccc([N+](=O)[O-])cc2)C=C1. The van der Waals surface area contributed by atoms with Gasteiger partial charge in [0.05, 0.1) is 10.6 Å². The van der Waals surface area contributed by atoms with Crippen LogP contribution in [0.25, 0.3) is 0 Å². The first kappa shape index (κ1) is 14.4. The third kappa shape index (κ3) is 4.02. The number of aliphatic imine (C=N–C) groups is 1. The number of hydrogen-bond donors (Lipinski definition) is 0. The maximum absolute atomic E-state index is 10.9. The standard InChI is InChI=1S/C14H11IN2O3/c1-10(18)16-13-6-2-11(3-7-13)15-12-4-8-14(9-5-12)17(19)20/h2-9H,1H3. The van der Waals surface area contributed by atoms with Gasteiger partial charge >= 0.3 is 0 Å². The van der Waals surface area contributed by atoms with Gasteiger partial charge in [0.15, 0.2) is 0 Å². The molecule has 0 radical (unpaired) electrons. The molecule has 1 aromatic rings. The smallest absolute Gasteiger partial charge is 0.269 e. The number of nitro groups is 1. The highest BCUT2D eigenvalue weighted by molar-refractivity contribution is 14.2. The van der Waals surface area contributed by atoms with Gasteiger partial charge in [-0.1, -0.05) is 20.7 Å². The number of rotatable bonds is 2. The summed E-state index contributed by atoms with van der Waals surface area (Å²) in [7, 11) is 0. The monoisotopic (exact) mass is 382 g/mol. The molecule has 2 rings (SSSR count). The fourth-order valence-corrected chi connectivity index (χ4v) is 3.67. The van der Waals surface area contributed by atoms with E-state index < -0.39 is 4.92 Å². The van der Waals surface area contributed by atoms with Crippen LogP contribution in [0.3, 0.4) is 0 Å². The summed E-state index contributed by atoms with van der Waals surface area (Å²) in [4.78, 5) is 24.9. The van der Waals surface area contributed by atoms with Crippen LogP contribution in [0, 0.1) is 13.7 Å². The van der Waals surface area contributed by atoms with Crippen LogP contribution in [0.1, 0.15) is 6.92 Å². The van der Waals surface area contributed by atoms with Gasteiger partial charge in [0.25, 0.3) is 5.69 Å². The quantitative estimate of drug-likeness (QED) is 0.449. The number of nitro benzene ring substituents is 1. The molecule has 0 fully saturated rings. The highest BCUT2D eigenvalue weighted by Gasteiger charge is 2.04. The molecule has 1 aromatic carbocycles. The van der Waals surface area contributed by atoms with Gasteiger partial charge in [0.2, 0.25) is 5.91 Å². The molecule has 0 aliphatic heterocycles. The van der Waals surface area contributed by atoms with Crippen molar-refractivity contribution >= 4 is 41.5 Å². The Kier molecular flexibility index (Phi) is 4.67. The first-order valence-corrected chi connectivity index (χ1v) is 7.92. The lowest BCUT2D eigenvalue weighted by atomic mass is 10.2. The molecule has 5 nitrogen and oxygen atoms in total. The van der Waals surface area contributed by atoms with Crippen LogP contribution >= 0.6 is 20.7 Å². The van der Waals surface area contributed by atoms with E-state index >= 15 is 0 Å². The molecule has 0 atom stereocenters. The van der Waals surface area contributed by atoms with Crippen molar-refractivity contribution < 1.29 is 9.72 Å². The lowest BCUT2D eigenvalue weighted by Gasteiger charge is -2.02. The molecule has 0 heterocycles. The molecule has 0 saturated heterocycles. The van der Waals surface area contributed by atoms with Crippen LogP contribution in [-0.4, -0.2) is 20.1 Å². The van der Waals surface area contributed by atoms with E-state index in [1.54, 1.807) is 12.1 Å². The van der Waals surface area contributed by atoms with Crippen molar-refractivity contribution in [3.8, 4) is 0 Å². The Labute approximate surface area is 125 Å². The second-order valence-electron chi connectivity index (χ2n) is 3.94. The lowest BCUT2D eigenvalue weighted by molar-refractivity contribution is -0.384. The van der Waals surface area contributed by atoms with E-state index in [0.717, 1.165) is 3.57 Å². The summed E-state index contributed by atoms with van der Waals surface area (Å²) in [6.07, 6.45) is 7.50. The molecule has 1 aliphatic carbocycles. The number of benzene rings is 1. The second kappa shape index (κ2) is 6.47. The van der Waals surface area contributed by atoms with Crippen LogP contribution in [-0.2, 0) is 4.79 Å². The highest BCUT2D eigenvalue weighted by Crippen LogP contribution is 2.19. The summed E-state index contributed by atoms with van der Waals surface area (Å²) >= 11 is -0.387. The number of carbonyl (C=O) groups excluding carboxylic acids is 1. The zero-order chi connectivity index (χ0) is 14.5. The van der Waals surface area contributed by atoms with Crippen molar-refractivity contribution in [3.05, 3.63) is 62.3 Å². The van der Waals surface area contributed by atoms with Crippen molar-refractivity contribution in [3.63, 3.8) is 0 Å². The van der Waals surface area contributed by atoms with Gasteiger partial charge in [-0.05, 0) is 36.4 Å². The molecule has 1 amide bonds. The minimum absolute atomic E-state index is 0.105. The summed E-state index contributed by atoms with van der Waals surface area (Å²) < 4.78 is 2.27. The average molecular weight is 382 g/mol. The summed E-state index contributed by atoms with van der Waals surface area (Å²) in [5.41, 5.74) is 0.752. The number of carbonyl (C=O) groups is 1. The molecule has 0 aromatic heterocycles. The Morgan fingerprint density at radius 1 is 1.15 bits per heavy atom. The lowest BCUT2D eigenvalue weighted by Crippen LogP contribution is -2.00. The molecule has 20 heavy (non-hydrogen) atoms. The fourth-order valence-electron chi connectivity index (χ4n) is 1.51. The Balaban J connectivity index is 2.16. The Morgan fingerprint density at radius 3 is 2.25 bits per heavy atom. The zero-order valence-corrected chi connectivity index (χ0v) is 12.8. The number of non-ortho nitro benzene ring substituents is 1. The van der Waals surface area contributed by atoms with Gasteiger partial charge in [-0.15, -0.1) is 0 Å². The zero-order valence-electron chi connectivity index (χ0n) is 10.6. The van der Waals surface area contributed by atoms with Crippen LogP contribution in [0.15, 0.2) is 53.6 Å². The maximum atomic E-state index is 10.9. The molecule has 102 valence electrons. The van der Waals surface area contributed by atoms with Gasteiger partial charge in [-0.3, -0.25) is 14.9 Å². The van der Waals surface area contributed by atoms with Crippen LogP contribution < -0.4 is 0 Å². The molecule has 0 unspecified atom stereocenters. The molecule has 0 spiro atoms. The van der Waals surface area contributed by atoms with Gasteiger partial charge < -0.3 is 0 Å². The average Bonchev–Trinajstić information content (AvgIpc) is 2.41. The second-order valence-corrected chi connectivity index (χ2v) is 6.97. The maximum Gasteiger partial charge on any atom is 0.269 e. The molecular weight excluding hydrogens is 371 g/mol. The highest BCUT2D eigenvalue weighted by atomic mass is 127. The van der Waals surface area contributed by atoms with E-state index in [2.05, 4.69) is 4.99 Å². The molecule has 6 heteroatoms. The normalized spacial score (nSPS) is 13.4. The number of allylic oxidation sites excluding steroid dienone is 4. The van der Waals surface area contributed by atoms with E-state index in [4.69, 9.17) is 0 Å². The van der Waals surface area contributed by atoms with E-state index in [9.17, 15) is 14.9 Å². The molecule has 1 aliphatic rings. The van der Waals surface area contributed by atoms with Crippen molar-refractivity contribution in [1.29, 1.82) is 0 Å². The van der Waals surface area contributed by atoms with Crippen molar-refractivity contribution in [2.75, 3.05) is 0 Å². The van der Waals surface area contributed by atoms with Crippen LogP contribution in [0.5, 0.6) is 0 Å². The minimum atomic E-state index is -0.403. The molecule has 0 saturated carbocycles. The van der Waals surface area contributed by atoms with E-state index in [0.29, 0.717) is 5.71 Å². The number of nitrogens with zero attached hydrogens (tertiary/aromatic N) is 2. The van der Waals surface area contributed by atoms with Gasteiger partial charge in [-0.25, -0.2) is 4.99 Å². The summed E-state index contributed by atoms with van der Waals surface area (Å²) in [5.74, 6) is -0.220. The minimum Gasteiger partial charge on any atom is -0.273 e. The van der Waals surface area contributed by atoms with Crippen molar-refractivity contribution in [2.24, 2.45) is 4.99 Å². The molecule has 0 bridgehead atoms. The first-order valence-electron chi connectivity index (χ1n) is 5.76. The van der Waals surface area contributed by atoms with E-state index in [1.165, 1.54) is 22.6 Å². The van der Waals surface area contributed by atoms with E-state index in [1.807, 2.05) is 24.3 Å². The summed E-state index contributed by atoms with van der Waals surface area (Å²) in [6, 6.07) is 6.63. The van der Waals surface area contributed by atoms with Crippen LogP contribution in [0.2, 0.25) is 0 Å². The number of amides is 1. The summed E-state index contributed by atoms with van der Waals surface area (Å²) in [5, 5.41) is 10.6. The predicted octanol–water partition coefficient (Wildman–Crippen LogP) is 3.02. The van der Waals surface area contributed by atoms with Gasteiger partial charge in [0, 0.05) is 26.1 Å².